The van der Waals surface area contributed by atoms with E-state index in [1.165, 1.54) is 0 Å². The number of hydrogen-bond donors (Lipinski definition) is 0. The van der Waals surface area contributed by atoms with Gasteiger partial charge in [-0.05, 0) is 74.9 Å². The summed E-state index contributed by atoms with van der Waals surface area (Å²) in [4.78, 5) is 19.0. The van der Waals surface area contributed by atoms with E-state index in [2.05, 4.69) is 39.2 Å². The molecule has 8 nitrogen and oxygen atoms in total. The third-order valence-electron chi connectivity index (χ3n) is 6.89. The van der Waals surface area contributed by atoms with Gasteiger partial charge in [0.05, 0.1) is 30.1 Å². The Balaban J connectivity index is 1.17. The van der Waals surface area contributed by atoms with Crippen LogP contribution in [0.3, 0.4) is 0 Å². The number of aromatic nitrogens is 3. The van der Waals surface area contributed by atoms with Crippen molar-refractivity contribution in [2.75, 3.05) is 31.2 Å². The number of benzene rings is 1. The Bertz CT molecular complexity index is 1130. The molecule has 0 radical (unpaired) electrons. The van der Waals surface area contributed by atoms with Gasteiger partial charge >= 0.3 is 5.97 Å². The first-order valence-electron chi connectivity index (χ1n) is 13.0. The summed E-state index contributed by atoms with van der Waals surface area (Å²) in [6, 6.07) is 14.3. The summed E-state index contributed by atoms with van der Waals surface area (Å²) in [6.45, 7) is 5.23. The van der Waals surface area contributed by atoms with E-state index in [0.717, 1.165) is 80.2 Å². The molecule has 1 atom stereocenters. The molecule has 0 saturated carbocycles. The van der Waals surface area contributed by atoms with Crippen LogP contribution in [0.25, 0.3) is 11.4 Å². The highest BCUT2D eigenvalue weighted by molar-refractivity contribution is 5.73. The van der Waals surface area contributed by atoms with E-state index in [0.29, 0.717) is 13.2 Å². The largest absolute Gasteiger partial charge is 0.487 e. The van der Waals surface area contributed by atoms with Crippen molar-refractivity contribution < 1.29 is 19.0 Å². The summed E-state index contributed by atoms with van der Waals surface area (Å²) < 4.78 is 19.1. The molecule has 5 rings (SSSR count). The minimum atomic E-state index is -0.0642. The number of hydrogen-bond acceptors (Lipinski definition) is 7. The highest BCUT2D eigenvalue weighted by Crippen LogP contribution is 2.29. The van der Waals surface area contributed by atoms with Crippen LogP contribution in [0.5, 0.6) is 5.75 Å². The number of nitrogens with zero attached hydrogens (tertiary/aromatic N) is 4. The summed E-state index contributed by atoms with van der Waals surface area (Å²) in [6.07, 6.45) is 8.41. The number of carbonyl (C=O) groups excluding carboxylic acids is 1. The zero-order valence-corrected chi connectivity index (χ0v) is 20.8. The van der Waals surface area contributed by atoms with Gasteiger partial charge in [0.15, 0.2) is 6.23 Å². The second kappa shape index (κ2) is 11.6. The summed E-state index contributed by atoms with van der Waals surface area (Å²) in [5, 5.41) is 4.48. The first-order chi connectivity index (χ1) is 17.7. The minimum absolute atomic E-state index is 0.0111. The molecule has 36 heavy (non-hydrogen) atoms. The minimum Gasteiger partial charge on any atom is -0.487 e. The van der Waals surface area contributed by atoms with Crippen molar-refractivity contribution in [3.8, 4) is 17.1 Å². The van der Waals surface area contributed by atoms with Gasteiger partial charge in [-0.2, -0.15) is 5.10 Å². The third kappa shape index (κ3) is 5.70. The average molecular weight is 491 g/mol. The number of ether oxygens (including phenoxy) is 3. The Kier molecular flexibility index (Phi) is 7.81. The first-order valence-corrected chi connectivity index (χ1v) is 13.0. The van der Waals surface area contributed by atoms with E-state index < -0.39 is 0 Å². The van der Waals surface area contributed by atoms with E-state index in [1.807, 2.05) is 29.8 Å². The fourth-order valence-corrected chi connectivity index (χ4v) is 4.92. The van der Waals surface area contributed by atoms with Gasteiger partial charge in [0.2, 0.25) is 0 Å². The third-order valence-corrected chi connectivity index (χ3v) is 6.89. The van der Waals surface area contributed by atoms with Crippen molar-refractivity contribution in [1.29, 1.82) is 0 Å². The number of piperidine rings is 1. The Morgan fingerprint density at radius 3 is 2.75 bits per heavy atom. The number of carbonyl (C=O) groups is 1. The Labute approximate surface area is 212 Å². The van der Waals surface area contributed by atoms with Gasteiger partial charge in [0.1, 0.15) is 12.4 Å². The first kappa shape index (κ1) is 24.3. The van der Waals surface area contributed by atoms with Gasteiger partial charge in [-0.3, -0.25) is 9.78 Å². The Morgan fingerprint density at radius 1 is 1.11 bits per heavy atom. The zero-order chi connectivity index (χ0) is 24.7. The summed E-state index contributed by atoms with van der Waals surface area (Å²) in [5.74, 6) is 0.669. The molecule has 0 N–H and O–H groups in total. The molecular formula is C28H34N4O4. The molecule has 8 heteroatoms. The van der Waals surface area contributed by atoms with E-state index in [9.17, 15) is 4.79 Å². The molecule has 1 unspecified atom stereocenters. The van der Waals surface area contributed by atoms with Gasteiger partial charge in [0.25, 0.3) is 0 Å². The molecule has 0 bridgehead atoms. The SMILES string of the molecule is CCOC(=O)C1CCN(c2cccc(COc3ccc(-c4ccnn4C4CCCCO4)nc3)c2)CC1. The van der Waals surface area contributed by atoms with Gasteiger partial charge < -0.3 is 19.1 Å². The summed E-state index contributed by atoms with van der Waals surface area (Å²) >= 11 is 0. The Hall–Kier alpha value is -3.39. The lowest BCUT2D eigenvalue weighted by Crippen LogP contribution is -2.37. The lowest BCUT2D eigenvalue weighted by molar-refractivity contribution is -0.148. The fourth-order valence-electron chi connectivity index (χ4n) is 4.92. The maximum Gasteiger partial charge on any atom is 0.309 e. The topological polar surface area (TPSA) is 78.7 Å². The van der Waals surface area contributed by atoms with Crippen LogP contribution >= 0.6 is 0 Å². The quantitative estimate of drug-likeness (QED) is 0.411. The van der Waals surface area contributed by atoms with Gasteiger partial charge in [0, 0.05) is 31.6 Å². The molecular weight excluding hydrogens is 456 g/mol. The molecule has 2 aliphatic heterocycles. The molecule has 0 spiro atoms. The van der Waals surface area contributed by atoms with Gasteiger partial charge in [-0.15, -0.1) is 0 Å². The lowest BCUT2D eigenvalue weighted by Gasteiger charge is -2.32. The molecule has 2 aliphatic rings. The van der Waals surface area contributed by atoms with E-state index in [1.54, 1.807) is 12.4 Å². The van der Waals surface area contributed by atoms with E-state index in [4.69, 9.17) is 14.2 Å². The van der Waals surface area contributed by atoms with Gasteiger partial charge in [-0.1, -0.05) is 12.1 Å². The predicted molar refractivity (Wildman–Crippen MR) is 137 cm³/mol. The van der Waals surface area contributed by atoms with E-state index in [-0.39, 0.29) is 18.1 Å². The molecule has 190 valence electrons. The molecule has 0 amide bonds. The fraction of sp³-hybridized carbons (Fsp3) is 0.464. The molecule has 1 aromatic carbocycles. The zero-order valence-electron chi connectivity index (χ0n) is 20.8. The maximum absolute atomic E-state index is 12.0. The molecule has 2 fully saturated rings. The van der Waals surface area contributed by atoms with Crippen LogP contribution in [0.2, 0.25) is 0 Å². The second-order valence-corrected chi connectivity index (χ2v) is 9.33. The summed E-state index contributed by atoms with van der Waals surface area (Å²) in [5.41, 5.74) is 4.05. The number of rotatable bonds is 8. The average Bonchev–Trinajstić information content (AvgIpc) is 3.43. The predicted octanol–water partition coefficient (Wildman–Crippen LogP) is 5.00. The lowest BCUT2D eigenvalue weighted by atomic mass is 9.96. The number of esters is 1. The van der Waals surface area contributed by atoms with Crippen LogP contribution in [0.4, 0.5) is 5.69 Å². The van der Waals surface area contributed by atoms with Crippen LogP contribution in [0.15, 0.2) is 54.9 Å². The summed E-state index contributed by atoms with van der Waals surface area (Å²) in [7, 11) is 0. The number of pyridine rings is 1. The van der Waals surface area contributed by atoms with Crippen molar-refractivity contribution in [2.45, 2.75) is 51.9 Å². The highest BCUT2D eigenvalue weighted by atomic mass is 16.5. The molecule has 2 saturated heterocycles. The molecule has 0 aliphatic carbocycles. The molecule has 4 heterocycles. The van der Waals surface area contributed by atoms with E-state index >= 15 is 0 Å². The molecule has 2 aromatic heterocycles. The van der Waals surface area contributed by atoms with Crippen molar-refractivity contribution in [3.63, 3.8) is 0 Å². The van der Waals surface area contributed by atoms with Crippen molar-refractivity contribution >= 4 is 11.7 Å². The normalized spacial score (nSPS) is 18.7. The van der Waals surface area contributed by atoms with Crippen LogP contribution in [0.1, 0.15) is 50.8 Å². The monoisotopic (exact) mass is 490 g/mol. The maximum atomic E-state index is 12.0. The van der Waals surface area contributed by atoms with Crippen LogP contribution < -0.4 is 9.64 Å². The van der Waals surface area contributed by atoms with Crippen LogP contribution in [-0.2, 0) is 20.9 Å². The Morgan fingerprint density at radius 2 is 2.00 bits per heavy atom. The van der Waals surface area contributed by atoms with Crippen molar-refractivity contribution in [3.05, 3.63) is 60.4 Å². The van der Waals surface area contributed by atoms with Crippen molar-refractivity contribution in [1.82, 2.24) is 14.8 Å². The van der Waals surface area contributed by atoms with Crippen LogP contribution in [-0.4, -0.2) is 47.0 Å². The number of anilines is 1. The second-order valence-electron chi connectivity index (χ2n) is 9.33. The molecule has 3 aromatic rings. The highest BCUT2D eigenvalue weighted by Gasteiger charge is 2.26. The standard InChI is InChI=1S/C28H34N4O4/c1-2-34-28(33)22-12-15-31(16-13-22)23-7-5-6-21(18-23)20-36-24-9-10-25(29-19-24)26-11-14-30-32(26)27-8-3-4-17-35-27/h5-7,9-11,14,18-19,22,27H,2-4,8,12-13,15-17,20H2,1H3. The van der Waals surface area contributed by atoms with Crippen molar-refractivity contribution in [2.24, 2.45) is 5.92 Å². The smallest absolute Gasteiger partial charge is 0.309 e. The van der Waals surface area contributed by atoms with Gasteiger partial charge in [-0.25, -0.2) is 4.68 Å². The van der Waals surface area contributed by atoms with Crippen LogP contribution in [0, 0.1) is 5.92 Å².